The summed E-state index contributed by atoms with van der Waals surface area (Å²) >= 11 is 0. The van der Waals surface area contributed by atoms with E-state index in [0.717, 1.165) is 0 Å². The summed E-state index contributed by atoms with van der Waals surface area (Å²) in [7, 11) is 0. The molecule has 0 aromatic rings. The van der Waals surface area contributed by atoms with E-state index in [1.54, 1.807) is 20.8 Å². The van der Waals surface area contributed by atoms with Gasteiger partial charge in [-0.25, -0.2) is 0 Å². The van der Waals surface area contributed by atoms with Gasteiger partial charge in [-0.05, 0) is 25.5 Å². The lowest BCUT2D eigenvalue weighted by Crippen LogP contribution is -2.49. The zero-order chi connectivity index (χ0) is 17.1. The van der Waals surface area contributed by atoms with Crippen LogP contribution in [0.15, 0.2) is 22.8 Å². The molecule has 0 aromatic heterocycles. The predicted octanol–water partition coefficient (Wildman–Crippen LogP) is 1.08. The van der Waals surface area contributed by atoms with E-state index in [0.29, 0.717) is 17.6 Å². The molecule has 0 radical (unpaired) electrons. The van der Waals surface area contributed by atoms with Gasteiger partial charge in [-0.1, -0.05) is 12.5 Å². The molecule has 1 saturated heterocycles. The number of fused-ring (bicyclic) bond motifs is 3. The summed E-state index contributed by atoms with van der Waals surface area (Å²) < 4.78 is 10.9. The molecule has 6 nitrogen and oxygen atoms in total. The van der Waals surface area contributed by atoms with Crippen LogP contribution < -0.4 is 0 Å². The van der Waals surface area contributed by atoms with Crippen LogP contribution in [-0.2, 0) is 23.9 Å². The molecule has 2 aliphatic carbocycles. The summed E-state index contributed by atoms with van der Waals surface area (Å²) in [5.41, 5.74) is -0.269. The number of hydrogen-bond donors (Lipinski definition) is 1. The number of rotatable bonds is 1. The lowest BCUT2D eigenvalue weighted by atomic mass is 9.76. The Morgan fingerprint density at radius 2 is 2.04 bits per heavy atom. The Morgan fingerprint density at radius 1 is 1.39 bits per heavy atom. The smallest absolute Gasteiger partial charge is 0.309 e. The first-order valence-electron chi connectivity index (χ1n) is 7.71. The minimum atomic E-state index is -1.64. The van der Waals surface area contributed by atoms with Gasteiger partial charge in [-0.3, -0.25) is 14.4 Å². The van der Waals surface area contributed by atoms with Crippen LogP contribution in [0.3, 0.4) is 0 Å². The summed E-state index contributed by atoms with van der Waals surface area (Å²) in [5.74, 6) is -2.21. The third kappa shape index (κ3) is 2.08. The second-order valence-electron chi connectivity index (χ2n) is 6.69. The number of ketones is 1. The van der Waals surface area contributed by atoms with Crippen LogP contribution in [0.4, 0.5) is 0 Å². The van der Waals surface area contributed by atoms with Gasteiger partial charge in [0.05, 0.1) is 11.8 Å². The zero-order valence-electron chi connectivity index (χ0n) is 13.6. The first-order valence-corrected chi connectivity index (χ1v) is 7.71. The van der Waals surface area contributed by atoms with E-state index in [4.69, 9.17) is 9.47 Å². The molecule has 23 heavy (non-hydrogen) atoms. The van der Waals surface area contributed by atoms with Crippen molar-refractivity contribution in [1.82, 2.24) is 0 Å². The second-order valence-corrected chi connectivity index (χ2v) is 6.69. The maximum absolute atomic E-state index is 12.3. The number of carbonyl (C=O) groups is 3. The average Bonchev–Trinajstić information content (AvgIpc) is 2.81. The Hall–Kier alpha value is -1.95. The minimum absolute atomic E-state index is 0.251. The van der Waals surface area contributed by atoms with Crippen molar-refractivity contribution in [2.75, 3.05) is 0 Å². The molecule has 0 unspecified atom stereocenters. The van der Waals surface area contributed by atoms with Crippen LogP contribution in [0.2, 0.25) is 0 Å². The van der Waals surface area contributed by atoms with Crippen molar-refractivity contribution < 1.29 is 29.0 Å². The number of aliphatic hydroxyl groups is 1. The quantitative estimate of drug-likeness (QED) is 0.727. The zero-order valence-corrected chi connectivity index (χ0v) is 13.6. The molecule has 6 heteroatoms. The molecule has 0 spiro atoms. The number of esters is 2. The maximum Gasteiger partial charge on any atom is 0.309 e. The van der Waals surface area contributed by atoms with Crippen LogP contribution in [0.1, 0.15) is 34.1 Å². The van der Waals surface area contributed by atoms with E-state index in [1.807, 2.05) is 0 Å². The molecule has 0 saturated carbocycles. The van der Waals surface area contributed by atoms with Gasteiger partial charge in [0.15, 0.2) is 11.4 Å². The van der Waals surface area contributed by atoms with Crippen LogP contribution in [0.25, 0.3) is 0 Å². The molecule has 1 aliphatic heterocycles. The maximum atomic E-state index is 12.3. The summed E-state index contributed by atoms with van der Waals surface area (Å²) in [6.07, 6.45) is 0.150. The molecule has 124 valence electrons. The highest BCUT2D eigenvalue weighted by Crippen LogP contribution is 2.50. The van der Waals surface area contributed by atoms with Crippen LogP contribution in [0, 0.1) is 11.8 Å². The Bertz CT molecular complexity index is 673. The van der Waals surface area contributed by atoms with Gasteiger partial charge in [0.1, 0.15) is 12.2 Å². The van der Waals surface area contributed by atoms with E-state index < -0.39 is 41.6 Å². The first kappa shape index (κ1) is 15.9. The van der Waals surface area contributed by atoms with Gasteiger partial charge in [0.25, 0.3) is 0 Å². The molecule has 0 bridgehead atoms. The Balaban J connectivity index is 2.17. The number of carbonyl (C=O) groups excluding carboxylic acids is 3. The molecule has 5 atom stereocenters. The molecular formula is C17H20O6. The molecule has 1 N–H and O–H groups in total. The van der Waals surface area contributed by atoms with Crippen LogP contribution in [0.5, 0.6) is 0 Å². The van der Waals surface area contributed by atoms with Gasteiger partial charge in [-0.2, -0.15) is 0 Å². The van der Waals surface area contributed by atoms with Gasteiger partial charge in [0, 0.05) is 18.9 Å². The standard InChI is InChI=1S/C17H20O6/c1-7-5-12(22-10(4)18)13-9(3)16(20)23-15(13)17(21)8(2)6-11(19)14(7)17/h6,9,12-13,15,21H,5H2,1-4H3/t9-,12-,13+,15-,17+/m0/s1. The fraction of sp³-hybridized carbons (Fsp3) is 0.588. The third-order valence-corrected chi connectivity index (χ3v) is 5.21. The van der Waals surface area contributed by atoms with E-state index in [2.05, 4.69) is 0 Å². The largest absolute Gasteiger partial charge is 0.462 e. The van der Waals surface area contributed by atoms with Crippen molar-refractivity contribution in [2.45, 2.75) is 51.9 Å². The van der Waals surface area contributed by atoms with Crippen LogP contribution >= 0.6 is 0 Å². The molecule has 3 rings (SSSR count). The number of allylic oxidation sites excluding steroid dienone is 1. The fourth-order valence-corrected chi connectivity index (χ4v) is 4.15. The summed E-state index contributed by atoms with van der Waals surface area (Å²) in [5, 5.41) is 11.3. The Kier molecular flexibility index (Phi) is 3.48. The molecule has 1 fully saturated rings. The lowest BCUT2D eigenvalue weighted by Gasteiger charge is -2.35. The molecule has 0 aromatic carbocycles. The summed E-state index contributed by atoms with van der Waals surface area (Å²) in [6.45, 7) is 6.40. The fourth-order valence-electron chi connectivity index (χ4n) is 4.15. The molecule has 1 heterocycles. The van der Waals surface area contributed by atoms with Crippen LogP contribution in [-0.4, -0.2) is 40.6 Å². The van der Waals surface area contributed by atoms with Crippen molar-refractivity contribution in [3.63, 3.8) is 0 Å². The normalized spacial score (nSPS) is 39.4. The first-order chi connectivity index (χ1) is 10.7. The average molecular weight is 320 g/mol. The third-order valence-electron chi connectivity index (χ3n) is 5.21. The van der Waals surface area contributed by atoms with Crippen molar-refractivity contribution >= 4 is 17.7 Å². The Labute approximate surface area is 134 Å². The van der Waals surface area contributed by atoms with E-state index in [-0.39, 0.29) is 11.4 Å². The van der Waals surface area contributed by atoms with Crippen molar-refractivity contribution in [3.8, 4) is 0 Å². The van der Waals surface area contributed by atoms with Gasteiger partial charge in [0.2, 0.25) is 0 Å². The van der Waals surface area contributed by atoms with Crippen molar-refractivity contribution in [1.29, 1.82) is 0 Å². The topological polar surface area (TPSA) is 89.9 Å². The highest BCUT2D eigenvalue weighted by Gasteiger charge is 2.62. The van der Waals surface area contributed by atoms with Crippen molar-refractivity contribution in [3.05, 3.63) is 22.8 Å². The van der Waals surface area contributed by atoms with Gasteiger partial charge >= 0.3 is 11.9 Å². The summed E-state index contributed by atoms with van der Waals surface area (Å²) in [6, 6.07) is 0. The lowest BCUT2D eigenvalue weighted by molar-refractivity contribution is -0.154. The Morgan fingerprint density at radius 3 is 2.65 bits per heavy atom. The highest BCUT2D eigenvalue weighted by atomic mass is 16.6. The summed E-state index contributed by atoms with van der Waals surface area (Å²) in [4.78, 5) is 35.9. The SMILES string of the molecule is CC(=O)O[C@H]1CC(C)=C2C(=O)C=C(C)[C@]2(O)[C@H]2OC(=O)[C@@H](C)[C@H]12. The van der Waals surface area contributed by atoms with Gasteiger partial charge < -0.3 is 14.6 Å². The highest BCUT2D eigenvalue weighted by molar-refractivity contribution is 6.11. The number of ether oxygens (including phenoxy) is 2. The van der Waals surface area contributed by atoms with Gasteiger partial charge in [-0.15, -0.1) is 0 Å². The molecular weight excluding hydrogens is 300 g/mol. The number of hydrogen-bond acceptors (Lipinski definition) is 6. The molecule has 3 aliphatic rings. The molecule has 0 amide bonds. The monoisotopic (exact) mass is 320 g/mol. The van der Waals surface area contributed by atoms with E-state index in [1.165, 1.54) is 13.0 Å². The van der Waals surface area contributed by atoms with Crippen molar-refractivity contribution in [2.24, 2.45) is 11.8 Å². The van der Waals surface area contributed by atoms with E-state index >= 15 is 0 Å². The van der Waals surface area contributed by atoms with E-state index in [9.17, 15) is 19.5 Å². The minimum Gasteiger partial charge on any atom is -0.462 e. The second kappa shape index (κ2) is 5.03. The predicted molar refractivity (Wildman–Crippen MR) is 79.1 cm³/mol.